The van der Waals surface area contributed by atoms with Crippen LogP contribution in [0.1, 0.15) is 10.5 Å². The van der Waals surface area contributed by atoms with Gasteiger partial charge in [-0.05, 0) is 24.3 Å². The third-order valence-electron chi connectivity index (χ3n) is 2.79. The van der Waals surface area contributed by atoms with Crippen molar-refractivity contribution in [1.82, 2.24) is 9.97 Å². The first kappa shape index (κ1) is 12.6. The summed E-state index contributed by atoms with van der Waals surface area (Å²) in [6.45, 7) is 0. The first-order chi connectivity index (χ1) is 9.78. The fourth-order valence-corrected chi connectivity index (χ4v) is 2.55. The van der Waals surface area contributed by atoms with E-state index < -0.39 is 5.97 Å². The summed E-state index contributed by atoms with van der Waals surface area (Å²) < 4.78 is 4.64. The lowest BCUT2D eigenvalue weighted by molar-refractivity contribution is 0.0595. The molecule has 1 aromatic carbocycles. The lowest BCUT2D eigenvalue weighted by atomic mass is 10.2. The highest BCUT2D eigenvalue weighted by molar-refractivity contribution is 7.14. The number of pyridine rings is 1. The second-order valence-electron chi connectivity index (χ2n) is 4.03. The molecule has 0 atom stereocenters. The van der Waals surface area contributed by atoms with Gasteiger partial charge in [-0.1, -0.05) is 6.07 Å². The zero-order valence-electron chi connectivity index (χ0n) is 10.7. The Morgan fingerprint density at radius 1 is 1.30 bits per heavy atom. The van der Waals surface area contributed by atoms with E-state index in [2.05, 4.69) is 20.0 Å². The van der Waals surface area contributed by atoms with Gasteiger partial charge in [0.2, 0.25) is 0 Å². The number of thiazole rings is 1. The van der Waals surface area contributed by atoms with Crippen LogP contribution in [0, 0.1) is 0 Å². The van der Waals surface area contributed by atoms with Crippen LogP contribution in [0.15, 0.2) is 41.9 Å². The first-order valence-electron chi connectivity index (χ1n) is 5.92. The van der Waals surface area contributed by atoms with E-state index in [1.165, 1.54) is 18.4 Å². The van der Waals surface area contributed by atoms with Crippen LogP contribution in [0.2, 0.25) is 0 Å². The van der Waals surface area contributed by atoms with E-state index in [0.717, 1.165) is 16.6 Å². The van der Waals surface area contributed by atoms with E-state index >= 15 is 0 Å². The molecule has 2 heterocycles. The zero-order valence-corrected chi connectivity index (χ0v) is 11.5. The number of ether oxygens (including phenoxy) is 1. The largest absolute Gasteiger partial charge is 0.464 e. The number of hydrogen-bond donors (Lipinski definition) is 1. The molecule has 0 unspecified atom stereocenters. The van der Waals surface area contributed by atoms with Gasteiger partial charge in [-0.3, -0.25) is 4.98 Å². The molecule has 20 heavy (non-hydrogen) atoms. The second kappa shape index (κ2) is 5.26. The van der Waals surface area contributed by atoms with Crippen molar-refractivity contribution >= 4 is 39.0 Å². The number of methoxy groups -OCH3 is 1. The molecule has 0 saturated heterocycles. The molecule has 3 aromatic rings. The number of esters is 1. The summed E-state index contributed by atoms with van der Waals surface area (Å²) in [6.07, 6.45) is 1.75. The number of carbonyl (C=O) groups excluding carboxylic acids is 1. The minimum Gasteiger partial charge on any atom is -0.464 e. The van der Waals surface area contributed by atoms with Gasteiger partial charge in [0.15, 0.2) is 10.8 Å². The standard InChI is InChI=1S/C14H11N3O2S/c1-19-13(18)12-8-20-14(17-12)16-11-6-2-5-10-9(11)4-3-7-15-10/h2-8H,1H3,(H,16,17). The molecule has 0 aliphatic rings. The number of benzene rings is 1. The molecule has 0 spiro atoms. The maximum absolute atomic E-state index is 11.4. The molecule has 0 bridgehead atoms. The molecule has 0 aliphatic heterocycles. The predicted molar refractivity (Wildman–Crippen MR) is 78.5 cm³/mol. The average molecular weight is 285 g/mol. The molecule has 1 N–H and O–H groups in total. The van der Waals surface area contributed by atoms with Crippen LogP contribution >= 0.6 is 11.3 Å². The third-order valence-corrected chi connectivity index (χ3v) is 3.54. The number of hydrogen-bond acceptors (Lipinski definition) is 6. The molecule has 0 radical (unpaired) electrons. The smallest absolute Gasteiger partial charge is 0.357 e. The number of nitrogens with one attached hydrogen (secondary N) is 1. The molecule has 0 amide bonds. The highest BCUT2D eigenvalue weighted by Crippen LogP contribution is 2.27. The van der Waals surface area contributed by atoms with E-state index in [1.54, 1.807) is 11.6 Å². The number of anilines is 2. The Labute approximate surface area is 119 Å². The fraction of sp³-hybridized carbons (Fsp3) is 0.0714. The monoisotopic (exact) mass is 285 g/mol. The van der Waals surface area contributed by atoms with Gasteiger partial charge < -0.3 is 10.1 Å². The Balaban J connectivity index is 1.93. The molecule has 100 valence electrons. The van der Waals surface area contributed by atoms with Gasteiger partial charge in [-0.15, -0.1) is 11.3 Å². The fourth-order valence-electron chi connectivity index (χ4n) is 1.86. The van der Waals surface area contributed by atoms with Gasteiger partial charge in [0.25, 0.3) is 0 Å². The molecule has 2 aromatic heterocycles. The van der Waals surface area contributed by atoms with Crippen molar-refractivity contribution in [2.24, 2.45) is 0 Å². The highest BCUT2D eigenvalue weighted by atomic mass is 32.1. The summed E-state index contributed by atoms with van der Waals surface area (Å²) >= 11 is 1.35. The van der Waals surface area contributed by atoms with Crippen molar-refractivity contribution in [2.75, 3.05) is 12.4 Å². The Bertz CT molecular complexity index is 764. The Morgan fingerprint density at radius 3 is 3.05 bits per heavy atom. The number of aromatic nitrogens is 2. The van der Waals surface area contributed by atoms with Crippen LogP contribution in [0.4, 0.5) is 10.8 Å². The van der Waals surface area contributed by atoms with Gasteiger partial charge in [0.05, 0.1) is 12.6 Å². The lowest BCUT2D eigenvalue weighted by Gasteiger charge is -2.06. The van der Waals surface area contributed by atoms with E-state index in [1.807, 2.05) is 30.3 Å². The molecule has 0 saturated carbocycles. The quantitative estimate of drug-likeness (QED) is 0.748. The van der Waals surface area contributed by atoms with E-state index in [4.69, 9.17) is 0 Å². The SMILES string of the molecule is COC(=O)c1csc(Nc2cccc3ncccc23)n1. The molecule has 0 fully saturated rings. The maximum Gasteiger partial charge on any atom is 0.357 e. The van der Waals surface area contributed by atoms with Crippen molar-refractivity contribution in [3.8, 4) is 0 Å². The summed E-state index contributed by atoms with van der Waals surface area (Å²) in [6, 6.07) is 9.69. The van der Waals surface area contributed by atoms with Gasteiger partial charge in [0.1, 0.15) is 0 Å². The van der Waals surface area contributed by atoms with E-state index in [-0.39, 0.29) is 0 Å². The van der Waals surface area contributed by atoms with Crippen molar-refractivity contribution < 1.29 is 9.53 Å². The Hall–Kier alpha value is -2.47. The maximum atomic E-state index is 11.4. The summed E-state index contributed by atoms with van der Waals surface area (Å²) in [5, 5.41) is 6.52. The number of fused-ring (bicyclic) bond motifs is 1. The molecule has 0 aliphatic carbocycles. The van der Waals surface area contributed by atoms with Crippen molar-refractivity contribution in [2.45, 2.75) is 0 Å². The minimum absolute atomic E-state index is 0.304. The number of rotatable bonds is 3. The van der Waals surface area contributed by atoms with Gasteiger partial charge in [0, 0.05) is 22.7 Å². The van der Waals surface area contributed by atoms with Crippen molar-refractivity contribution in [3.05, 3.63) is 47.6 Å². The Kier molecular flexibility index (Phi) is 3.30. The van der Waals surface area contributed by atoms with Crippen molar-refractivity contribution in [1.29, 1.82) is 0 Å². The summed E-state index contributed by atoms with van der Waals surface area (Å²) in [5.74, 6) is -0.436. The third kappa shape index (κ3) is 2.33. The topological polar surface area (TPSA) is 64.1 Å². The van der Waals surface area contributed by atoms with Crippen molar-refractivity contribution in [3.63, 3.8) is 0 Å². The van der Waals surface area contributed by atoms with Crippen LogP contribution in [0.3, 0.4) is 0 Å². The summed E-state index contributed by atoms with van der Waals surface area (Å²) in [4.78, 5) is 19.9. The van der Waals surface area contributed by atoms with Gasteiger partial charge in [-0.25, -0.2) is 9.78 Å². The summed E-state index contributed by atoms with van der Waals surface area (Å²) in [7, 11) is 1.34. The van der Waals surface area contributed by atoms with Crippen LogP contribution < -0.4 is 5.32 Å². The zero-order chi connectivity index (χ0) is 13.9. The molecular weight excluding hydrogens is 274 g/mol. The average Bonchev–Trinajstić information content (AvgIpc) is 2.95. The number of carbonyl (C=O) groups is 1. The summed E-state index contributed by atoms with van der Waals surface area (Å²) in [5.41, 5.74) is 2.11. The minimum atomic E-state index is -0.436. The second-order valence-corrected chi connectivity index (χ2v) is 4.89. The Morgan fingerprint density at radius 2 is 2.20 bits per heavy atom. The lowest BCUT2D eigenvalue weighted by Crippen LogP contribution is -2.01. The normalized spacial score (nSPS) is 10.4. The van der Waals surface area contributed by atoms with E-state index in [9.17, 15) is 4.79 Å². The molecule has 6 heteroatoms. The van der Waals surface area contributed by atoms with Gasteiger partial charge in [-0.2, -0.15) is 0 Å². The first-order valence-corrected chi connectivity index (χ1v) is 6.80. The van der Waals surface area contributed by atoms with E-state index in [0.29, 0.717) is 10.8 Å². The molecular formula is C14H11N3O2S. The number of nitrogens with zero attached hydrogens (tertiary/aromatic N) is 2. The molecule has 5 nitrogen and oxygen atoms in total. The van der Waals surface area contributed by atoms with Crippen LogP contribution in [0.25, 0.3) is 10.9 Å². The molecule has 3 rings (SSSR count). The van der Waals surface area contributed by atoms with Crippen LogP contribution in [-0.2, 0) is 4.74 Å². The predicted octanol–water partition coefficient (Wildman–Crippen LogP) is 3.22. The highest BCUT2D eigenvalue weighted by Gasteiger charge is 2.11. The van der Waals surface area contributed by atoms with Gasteiger partial charge >= 0.3 is 5.97 Å². The van der Waals surface area contributed by atoms with Crippen LogP contribution in [-0.4, -0.2) is 23.0 Å². The van der Waals surface area contributed by atoms with Crippen LogP contribution in [0.5, 0.6) is 0 Å².